The second kappa shape index (κ2) is 2.38. The topological polar surface area (TPSA) is 13.1 Å². The zero-order chi connectivity index (χ0) is 8.55. The van der Waals surface area contributed by atoms with Crippen LogP contribution in [0.5, 0.6) is 0 Å². The van der Waals surface area contributed by atoms with E-state index < -0.39 is 5.82 Å². The van der Waals surface area contributed by atoms with Gasteiger partial charge in [0.2, 0.25) is 0 Å². The van der Waals surface area contributed by atoms with Crippen LogP contribution in [0.25, 0.3) is 11.0 Å². The molecule has 58 valence electrons. The normalized spacial score (nSPS) is 10.0. The number of benzene rings is 1. The first-order valence-electron chi connectivity index (χ1n) is 3.44. The van der Waals surface area contributed by atoms with Crippen LogP contribution >= 0.6 is 0 Å². The summed E-state index contributed by atoms with van der Waals surface area (Å²) in [6.45, 7) is 0. The summed E-state index contributed by atoms with van der Waals surface area (Å²) in [5.41, 5.74) is 0.787. The Hall–Kier alpha value is -1.75. The fourth-order valence-electron chi connectivity index (χ4n) is 1.12. The van der Waals surface area contributed by atoms with E-state index in [1.54, 1.807) is 12.1 Å². The number of furan rings is 1. The van der Waals surface area contributed by atoms with E-state index in [4.69, 9.17) is 10.8 Å². The highest BCUT2D eigenvalue weighted by molar-refractivity contribution is 5.79. The van der Waals surface area contributed by atoms with Crippen LogP contribution in [0.15, 0.2) is 28.9 Å². The van der Waals surface area contributed by atoms with Gasteiger partial charge in [0, 0.05) is 10.9 Å². The fraction of sp³-hybridized carbons (Fsp3) is 0. The summed E-state index contributed by atoms with van der Waals surface area (Å²) >= 11 is 0. The summed E-state index contributed by atoms with van der Waals surface area (Å²) in [5.74, 6) is 1.96. The molecule has 12 heavy (non-hydrogen) atoms. The first-order valence-corrected chi connectivity index (χ1v) is 3.44. The average Bonchev–Trinajstić information content (AvgIpc) is 2.52. The molecule has 0 saturated carbocycles. The minimum atomic E-state index is -0.412. The van der Waals surface area contributed by atoms with E-state index in [1.165, 1.54) is 12.3 Å². The molecule has 0 aliphatic carbocycles. The lowest BCUT2D eigenvalue weighted by molar-refractivity contribution is 0.560. The Bertz CT molecular complexity index is 462. The smallest absolute Gasteiger partial charge is 0.169 e. The maximum absolute atomic E-state index is 13.1. The molecule has 0 atom stereocenters. The van der Waals surface area contributed by atoms with Gasteiger partial charge in [-0.15, -0.1) is 6.42 Å². The maximum Gasteiger partial charge on any atom is 0.169 e. The van der Waals surface area contributed by atoms with Crippen molar-refractivity contribution >= 4 is 11.0 Å². The molecule has 2 rings (SSSR count). The molecule has 1 nitrogen and oxygen atoms in total. The van der Waals surface area contributed by atoms with Crippen molar-refractivity contribution in [3.8, 4) is 12.3 Å². The van der Waals surface area contributed by atoms with Crippen molar-refractivity contribution in [1.82, 2.24) is 0 Å². The number of rotatable bonds is 0. The minimum Gasteiger partial charge on any atom is -0.461 e. The van der Waals surface area contributed by atoms with Crippen molar-refractivity contribution in [2.24, 2.45) is 0 Å². The second-order valence-electron chi connectivity index (χ2n) is 2.44. The van der Waals surface area contributed by atoms with E-state index in [2.05, 4.69) is 5.92 Å². The molecule has 0 saturated heterocycles. The van der Waals surface area contributed by atoms with Gasteiger partial charge in [-0.25, -0.2) is 4.39 Å². The van der Waals surface area contributed by atoms with Crippen LogP contribution in [-0.4, -0.2) is 0 Å². The van der Waals surface area contributed by atoms with Gasteiger partial charge in [0.25, 0.3) is 0 Å². The standard InChI is InChI=1S/C10H5FO/c1-2-7-5-8-3-4-12-10(8)9(11)6-7/h1,3-6H. The van der Waals surface area contributed by atoms with Crippen molar-refractivity contribution in [2.45, 2.75) is 0 Å². The van der Waals surface area contributed by atoms with E-state index in [9.17, 15) is 4.39 Å². The van der Waals surface area contributed by atoms with Crippen molar-refractivity contribution < 1.29 is 8.81 Å². The molecule has 0 aliphatic rings. The van der Waals surface area contributed by atoms with Crippen LogP contribution in [0.1, 0.15) is 5.56 Å². The molecule has 1 heterocycles. The van der Waals surface area contributed by atoms with Crippen molar-refractivity contribution in [3.63, 3.8) is 0 Å². The Kier molecular flexibility index (Phi) is 1.38. The van der Waals surface area contributed by atoms with Gasteiger partial charge in [-0.2, -0.15) is 0 Å². The van der Waals surface area contributed by atoms with Gasteiger partial charge < -0.3 is 4.42 Å². The summed E-state index contributed by atoms with van der Waals surface area (Å²) < 4.78 is 18.0. The minimum absolute atomic E-state index is 0.258. The number of fused-ring (bicyclic) bond motifs is 1. The quantitative estimate of drug-likeness (QED) is 0.540. The number of terminal acetylenes is 1. The van der Waals surface area contributed by atoms with Gasteiger partial charge in [-0.05, 0) is 18.2 Å². The van der Waals surface area contributed by atoms with Gasteiger partial charge in [-0.1, -0.05) is 5.92 Å². The second-order valence-corrected chi connectivity index (χ2v) is 2.44. The maximum atomic E-state index is 13.1. The molecule has 0 amide bonds. The Morgan fingerprint density at radius 1 is 1.42 bits per heavy atom. The largest absolute Gasteiger partial charge is 0.461 e. The summed E-state index contributed by atoms with van der Waals surface area (Å²) in [4.78, 5) is 0. The summed E-state index contributed by atoms with van der Waals surface area (Å²) in [6, 6.07) is 4.67. The molecule has 0 fully saturated rings. The van der Waals surface area contributed by atoms with Crippen LogP contribution in [0.3, 0.4) is 0 Å². The molecule has 0 N–H and O–H groups in total. The zero-order valence-electron chi connectivity index (χ0n) is 6.17. The predicted octanol–water partition coefficient (Wildman–Crippen LogP) is 2.55. The van der Waals surface area contributed by atoms with Crippen molar-refractivity contribution in [3.05, 3.63) is 35.8 Å². The summed E-state index contributed by atoms with van der Waals surface area (Å²) in [6.07, 6.45) is 6.57. The van der Waals surface area contributed by atoms with E-state index >= 15 is 0 Å². The Balaban J connectivity index is 2.86. The molecule has 0 spiro atoms. The predicted molar refractivity (Wildman–Crippen MR) is 44.1 cm³/mol. The van der Waals surface area contributed by atoms with E-state index in [0.29, 0.717) is 10.9 Å². The molecule has 1 aromatic carbocycles. The van der Waals surface area contributed by atoms with Gasteiger partial charge in [-0.3, -0.25) is 0 Å². The third kappa shape index (κ3) is 0.876. The third-order valence-electron chi connectivity index (χ3n) is 1.67. The molecule has 2 aromatic rings. The first kappa shape index (κ1) is 6.93. The van der Waals surface area contributed by atoms with Crippen molar-refractivity contribution in [1.29, 1.82) is 0 Å². The van der Waals surface area contributed by atoms with Crippen LogP contribution in [-0.2, 0) is 0 Å². The molecule has 0 radical (unpaired) electrons. The Morgan fingerprint density at radius 3 is 3.00 bits per heavy atom. The van der Waals surface area contributed by atoms with E-state index in [0.717, 1.165) is 0 Å². The lowest BCUT2D eigenvalue weighted by atomic mass is 10.1. The van der Waals surface area contributed by atoms with Crippen molar-refractivity contribution in [2.75, 3.05) is 0 Å². The highest BCUT2D eigenvalue weighted by atomic mass is 19.1. The van der Waals surface area contributed by atoms with Crippen LogP contribution < -0.4 is 0 Å². The van der Waals surface area contributed by atoms with Gasteiger partial charge in [0.1, 0.15) is 0 Å². The SMILES string of the molecule is C#Cc1cc(F)c2occc2c1. The monoisotopic (exact) mass is 160 g/mol. The highest BCUT2D eigenvalue weighted by Gasteiger charge is 2.04. The molecule has 1 aromatic heterocycles. The van der Waals surface area contributed by atoms with Gasteiger partial charge in [0.15, 0.2) is 11.4 Å². The summed E-state index contributed by atoms with van der Waals surface area (Å²) in [7, 11) is 0. The zero-order valence-corrected chi connectivity index (χ0v) is 6.17. The molecule has 0 aliphatic heterocycles. The lowest BCUT2D eigenvalue weighted by Gasteiger charge is -1.92. The lowest BCUT2D eigenvalue weighted by Crippen LogP contribution is -1.78. The molecule has 0 bridgehead atoms. The molecule has 2 heteroatoms. The Morgan fingerprint density at radius 2 is 2.25 bits per heavy atom. The van der Waals surface area contributed by atoms with Gasteiger partial charge in [0.05, 0.1) is 6.26 Å². The fourth-order valence-corrected chi connectivity index (χ4v) is 1.12. The average molecular weight is 160 g/mol. The Labute approximate surface area is 68.8 Å². The number of halogens is 1. The molecular formula is C10H5FO. The van der Waals surface area contributed by atoms with Crippen LogP contribution in [0, 0.1) is 18.2 Å². The number of hydrogen-bond donors (Lipinski definition) is 0. The van der Waals surface area contributed by atoms with E-state index in [-0.39, 0.29) is 5.58 Å². The first-order chi connectivity index (χ1) is 5.81. The number of hydrogen-bond acceptors (Lipinski definition) is 1. The molecular weight excluding hydrogens is 155 g/mol. The third-order valence-corrected chi connectivity index (χ3v) is 1.67. The van der Waals surface area contributed by atoms with Crippen LogP contribution in [0.2, 0.25) is 0 Å². The molecule has 0 unspecified atom stereocenters. The highest BCUT2D eigenvalue weighted by Crippen LogP contribution is 2.20. The van der Waals surface area contributed by atoms with Crippen LogP contribution in [0.4, 0.5) is 4.39 Å². The van der Waals surface area contributed by atoms with E-state index in [1.807, 2.05) is 0 Å². The van der Waals surface area contributed by atoms with Gasteiger partial charge >= 0.3 is 0 Å². The summed E-state index contributed by atoms with van der Waals surface area (Å²) in [5, 5.41) is 0.697.